The van der Waals surface area contributed by atoms with E-state index in [1.807, 2.05) is 39.8 Å². The molecule has 1 unspecified atom stereocenters. The van der Waals surface area contributed by atoms with Crippen LogP contribution in [0.1, 0.15) is 51.7 Å². The third kappa shape index (κ3) is 16.2. The van der Waals surface area contributed by atoms with E-state index in [9.17, 15) is 0 Å². The van der Waals surface area contributed by atoms with Gasteiger partial charge in [0.1, 0.15) is 0 Å². The molecule has 0 fully saturated rings. The van der Waals surface area contributed by atoms with Crippen LogP contribution in [0.3, 0.4) is 0 Å². The number of aliphatic hydroxyl groups is 1. The molecule has 1 radical (unpaired) electrons. The van der Waals surface area contributed by atoms with Gasteiger partial charge in [-0.15, -0.1) is 0 Å². The van der Waals surface area contributed by atoms with Crippen LogP contribution in [0.15, 0.2) is 24.3 Å². The van der Waals surface area contributed by atoms with E-state index in [2.05, 4.69) is 19.1 Å². The maximum Gasteiger partial charge on any atom is 0.0515 e. The smallest absolute Gasteiger partial charge is 0.0515 e. The summed E-state index contributed by atoms with van der Waals surface area (Å²) in [5.74, 6) is 0. The summed E-state index contributed by atoms with van der Waals surface area (Å²) in [6.45, 7) is 10.5. The summed E-state index contributed by atoms with van der Waals surface area (Å²) in [5, 5.41) is 9.10. The molecule has 0 saturated carbocycles. The zero-order chi connectivity index (χ0) is 14.4. The molecular formula is C16H30NOY-. The van der Waals surface area contributed by atoms with Gasteiger partial charge in [-0.2, -0.15) is 6.54 Å². The van der Waals surface area contributed by atoms with Crippen molar-refractivity contribution >= 4 is 0 Å². The van der Waals surface area contributed by atoms with E-state index in [0.717, 1.165) is 19.3 Å². The van der Waals surface area contributed by atoms with Crippen LogP contribution in [0.2, 0.25) is 0 Å². The maximum absolute atomic E-state index is 9.10. The summed E-state index contributed by atoms with van der Waals surface area (Å²) in [6.07, 6.45) is 2.62. The van der Waals surface area contributed by atoms with Crippen LogP contribution in [0.4, 0.5) is 0 Å². The fourth-order valence-electron chi connectivity index (χ4n) is 1.25. The van der Waals surface area contributed by atoms with Crippen molar-refractivity contribution in [3.63, 3.8) is 0 Å². The molecule has 2 nitrogen and oxygen atoms in total. The van der Waals surface area contributed by atoms with Crippen LogP contribution < -0.4 is 0 Å². The van der Waals surface area contributed by atoms with Gasteiger partial charge < -0.3 is 10.8 Å². The number of aryl methyl sites for hydroxylation is 2. The molecule has 1 atom stereocenters. The second-order valence-corrected chi connectivity index (χ2v) is 4.06. The van der Waals surface area contributed by atoms with Crippen molar-refractivity contribution in [1.29, 1.82) is 0 Å². The van der Waals surface area contributed by atoms with Crippen LogP contribution in [0.5, 0.6) is 0 Å². The van der Waals surface area contributed by atoms with E-state index in [0.29, 0.717) is 6.54 Å². The van der Waals surface area contributed by atoms with Gasteiger partial charge in [0.25, 0.3) is 0 Å². The average molecular weight is 341 g/mol. The van der Waals surface area contributed by atoms with E-state index in [-0.39, 0.29) is 38.8 Å². The van der Waals surface area contributed by atoms with Gasteiger partial charge >= 0.3 is 0 Å². The summed E-state index contributed by atoms with van der Waals surface area (Å²) in [6, 6.07) is 8.32. The van der Waals surface area contributed by atoms with Gasteiger partial charge in [0.2, 0.25) is 0 Å². The molecule has 19 heavy (non-hydrogen) atoms. The summed E-state index contributed by atoms with van der Waals surface area (Å²) >= 11 is 0. The van der Waals surface area contributed by atoms with Crippen molar-refractivity contribution in [2.24, 2.45) is 0 Å². The molecule has 0 aliphatic carbocycles. The Morgan fingerprint density at radius 3 is 2.05 bits per heavy atom. The van der Waals surface area contributed by atoms with Crippen molar-refractivity contribution in [1.82, 2.24) is 0 Å². The van der Waals surface area contributed by atoms with Crippen LogP contribution in [-0.2, 0) is 39.1 Å². The Balaban J connectivity index is -0.000000316. The van der Waals surface area contributed by atoms with Gasteiger partial charge in [-0.05, 0) is 37.8 Å². The summed E-state index contributed by atoms with van der Waals surface area (Å²) < 4.78 is 0. The van der Waals surface area contributed by atoms with E-state index in [1.54, 1.807) is 0 Å². The normalized spacial score (nSPS) is 10.1. The van der Waals surface area contributed by atoms with Crippen LogP contribution in [-0.4, -0.2) is 17.8 Å². The van der Waals surface area contributed by atoms with Gasteiger partial charge in [0.05, 0.1) is 6.10 Å². The van der Waals surface area contributed by atoms with Crippen molar-refractivity contribution in [2.45, 2.75) is 60.0 Å². The molecule has 1 aromatic carbocycles. The Labute approximate surface area is 145 Å². The minimum atomic E-state index is -0.190. The quantitative estimate of drug-likeness (QED) is 0.841. The SMILES string of the molecule is CC.CCC[NH-].Cc1ccccc1CCC(C)O.[Y]. The maximum atomic E-state index is 9.10. The Morgan fingerprint density at radius 2 is 1.68 bits per heavy atom. The van der Waals surface area contributed by atoms with E-state index in [4.69, 9.17) is 10.8 Å². The first-order valence-corrected chi connectivity index (χ1v) is 6.99. The second kappa shape index (κ2) is 18.2. The molecule has 0 amide bonds. The minimum absolute atomic E-state index is 0. The number of benzene rings is 1. The second-order valence-electron chi connectivity index (χ2n) is 4.06. The molecule has 0 bridgehead atoms. The van der Waals surface area contributed by atoms with E-state index < -0.39 is 0 Å². The number of aliphatic hydroxyl groups excluding tert-OH is 1. The first-order chi connectivity index (χ1) is 8.61. The number of rotatable bonds is 4. The van der Waals surface area contributed by atoms with Crippen molar-refractivity contribution in [3.05, 3.63) is 41.1 Å². The van der Waals surface area contributed by atoms with Crippen molar-refractivity contribution in [2.75, 3.05) is 6.54 Å². The average Bonchev–Trinajstić information content (AvgIpc) is 2.40. The third-order valence-corrected chi connectivity index (χ3v) is 2.34. The molecule has 0 aliphatic heterocycles. The molecule has 0 spiro atoms. The molecule has 1 aromatic rings. The molecule has 3 heteroatoms. The van der Waals surface area contributed by atoms with Gasteiger partial charge in [0.15, 0.2) is 0 Å². The topological polar surface area (TPSA) is 44.0 Å². The van der Waals surface area contributed by atoms with E-state index in [1.165, 1.54) is 11.1 Å². The predicted molar refractivity (Wildman–Crippen MR) is 82.0 cm³/mol. The zero-order valence-corrected chi connectivity index (χ0v) is 16.1. The Morgan fingerprint density at radius 1 is 1.21 bits per heavy atom. The molecule has 0 heterocycles. The first-order valence-electron chi connectivity index (χ1n) is 6.99. The van der Waals surface area contributed by atoms with Crippen molar-refractivity contribution < 1.29 is 37.8 Å². The van der Waals surface area contributed by atoms with Crippen LogP contribution in [0, 0.1) is 6.92 Å². The molecule has 0 aromatic heterocycles. The first kappa shape index (κ1) is 24.3. The van der Waals surface area contributed by atoms with Gasteiger partial charge in [0, 0.05) is 32.7 Å². The van der Waals surface area contributed by atoms with Gasteiger partial charge in [-0.1, -0.05) is 51.5 Å². The Bertz CT molecular complexity index is 275. The fraction of sp³-hybridized carbons (Fsp3) is 0.625. The minimum Gasteiger partial charge on any atom is -0.677 e. The summed E-state index contributed by atoms with van der Waals surface area (Å²) in [5.41, 5.74) is 9.11. The summed E-state index contributed by atoms with van der Waals surface area (Å²) in [7, 11) is 0. The Hall–Kier alpha value is 0.244. The monoisotopic (exact) mass is 341 g/mol. The van der Waals surface area contributed by atoms with Gasteiger partial charge in [-0.3, -0.25) is 0 Å². The predicted octanol–water partition coefficient (Wildman–Crippen LogP) is 4.78. The van der Waals surface area contributed by atoms with Crippen molar-refractivity contribution in [3.8, 4) is 0 Å². The van der Waals surface area contributed by atoms with Crippen LogP contribution >= 0.6 is 0 Å². The van der Waals surface area contributed by atoms with Crippen LogP contribution in [0.25, 0.3) is 5.73 Å². The standard InChI is InChI=1S/C11H16O.C3H8N.C2H6.Y/c1-9-5-3-4-6-11(9)8-7-10(2)12;1-2-3-4;1-2;/h3-6,10,12H,7-8H2,1-2H3;4H,2-3H2,1H3;1-2H3;/q;-1;;. The zero-order valence-electron chi connectivity index (χ0n) is 13.2. The largest absolute Gasteiger partial charge is 0.677 e. The molecule has 2 N–H and O–H groups in total. The number of nitrogens with one attached hydrogen (secondary N) is 1. The molecule has 0 saturated heterocycles. The number of hydrogen-bond acceptors (Lipinski definition) is 1. The molecular weight excluding hydrogens is 311 g/mol. The molecule has 1 rings (SSSR count). The van der Waals surface area contributed by atoms with E-state index >= 15 is 0 Å². The fourth-order valence-corrected chi connectivity index (χ4v) is 1.25. The molecule has 109 valence electrons. The molecule has 0 aliphatic rings. The van der Waals surface area contributed by atoms with Gasteiger partial charge in [-0.25, -0.2) is 0 Å². The Kier molecular flexibility index (Phi) is 23.3. The summed E-state index contributed by atoms with van der Waals surface area (Å²) in [4.78, 5) is 0. The number of hydrogen-bond donors (Lipinski definition) is 1. The third-order valence-electron chi connectivity index (χ3n) is 2.34.